The van der Waals surface area contributed by atoms with Crippen LogP contribution in [-0.2, 0) is 26.8 Å². The van der Waals surface area contributed by atoms with Crippen LogP contribution in [0.1, 0.15) is 71.6 Å². The van der Waals surface area contributed by atoms with E-state index in [0.717, 1.165) is 16.7 Å². The molecule has 1 aromatic carbocycles. The van der Waals surface area contributed by atoms with Gasteiger partial charge < -0.3 is 20.1 Å². The molecule has 0 spiro atoms. The highest BCUT2D eigenvalue weighted by molar-refractivity contribution is 5.76. The van der Waals surface area contributed by atoms with E-state index in [2.05, 4.69) is 41.5 Å². The van der Waals surface area contributed by atoms with E-state index in [-0.39, 0.29) is 17.4 Å². The molecule has 5 nitrogen and oxygen atoms in total. The van der Waals surface area contributed by atoms with E-state index in [1.165, 1.54) is 6.92 Å². The highest BCUT2D eigenvalue weighted by atomic mass is 16.5. The van der Waals surface area contributed by atoms with Crippen LogP contribution in [0.5, 0.6) is 5.75 Å². The molecule has 0 aliphatic heterocycles. The van der Waals surface area contributed by atoms with Crippen molar-refractivity contribution < 1.29 is 24.9 Å². The van der Waals surface area contributed by atoms with Gasteiger partial charge in [0.05, 0.1) is 19.8 Å². The first-order chi connectivity index (χ1) is 12.3. The van der Waals surface area contributed by atoms with Gasteiger partial charge in [-0.1, -0.05) is 53.7 Å². The molecule has 0 radical (unpaired) electrons. The summed E-state index contributed by atoms with van der Waals surface area (Å²) in [5.74, 6) is -0.240. The third-order valence-corrected chi connectivity index (χ3v) is 4.82. The molecule has 1 rings (SSSR count). The average Bonchev–Trinajstić information content (AvgIpc) is 2.56. The Morgan fingerprint density at radius 3 is 1.74 bits per heavy atom. The lowest BCUT2D eigenvalue weighted by molar-refractivity contribution is -0.160. The van der Waals surface area contributed by atoms with Crippen LogP contribution in [-0.4, -0.2) is 41.1 Å². The number of aliphatic hydroxyl groups excluding tert-OH is 2. The molecule has 5 heteroatoms. The van der Waals surface area contributed by atoms with Crippen LogP contribution in [0.2, 0.25) is 0 Å². The summed E-state index contributed by atoms with van der Waals surface area (Å²) in [6.45, 7) is 13.2. The zero-order valence-corrected chi connectivity index (χ0v) is 17.8. The molecular weight excluding hydrogens is 344 g/mol. The Labute approximate surface area is 163 Å². The predicted octanol–water partition coefficient (Wildman–Crippen LogP) is 3.45. The minimum Gasteiger partial charge on any atom is -0.507 e. The number of hydrogen-bond acceptors (Lipinski definition) is 5. The predicted molar refractivity (Wildman–Crippen MR) is 107 cm³/mol. The Morgan fingerprint density at radius 2 is 1.37 bits per heavy atom. The summed E-state index contributed by atoms with van der Waals surface area (Å²) in [6, 6.07) is 4.05. The summed E-state index contributed by atoms with van der Waals surface area (Å²) in [4.78, 5) is 12.0. The maximum atomic E-state index is 12.0. The number of rotatable bonds is 7. The third kappa shape index (κ3) is 5.94. The number of benzene rings is 1. The molecule has 0 heterocycles. The summed E-state index contributed by atoms with van der Waals surface area (Å²) in [5.41, 5.74) is 1.28. The van der Waals surface area contributed by atoms with Gasteiger partial charge in [0.2, 0.25) is 0 Å². The zero-order valence-electron chi connectivity index (χ0n) is 17.8. The Balaban J connectivity index is 2.91. The quantitative estimate of drug-likeness (QED) is 0.498. The fourth-order valence-corrected chi connectivity index (χ4v) is 2.78. The van der Waals surface area contributed by atoms with Crippen LogP contribution in [0.15, 0.2) is 12.1 Å². The van der Waals surface area contributed by atoms with Gasteiger partial charge in [0, 0.05) is 0 Å². The van der Waals surface area contributed by atoms with Crippen molar-refractivity contribution >= 4 is 5.97 Å². The number of hydrogen-bond donors (Lipinski definition) is 3. The monoisotopic (exact) mass is 380 g/mol. The van der Waals surface area contributed by atoms with Gasteiger partial charge in [-0.15, -0.1) is 0 Å². The molecule has 3 N–H and O–H groups in total. The molecule has 0 saturated heterocycles. The maximum absolute atomic E-state index is 12.0. The Bertz CT molecular complexity index is 611. The lowest BCUT2D eigenvalue weighted by Crippen LogP contribution is -2.37. The van der Waals surface area contributed by atoms with Gasteiger partial charge in [0.1, 0.15) is 11.2 Å². The van der Waals surface area contributed by atoms with Crippen LogP contribution in [0.25, 0.3) is 0 Å². The molecule has 154 valence electrons. The molecule has 0 aliphatic rings. The molecule has 0 aromatic heterocycles. The minimum atomic E-state index is -1.27. The van der Waals surface area contributed by atoms with Crippen LogP contribution >= 0.6 is 0 Å². The Hall–Kier alpha value is -1.59. The third-order valence-electron chi connectivity index (χ3n) is 4.82. The average molecular weight is 381 g/mol. The van der Waals surface area contributed by atoms with Crippen LogP contribution in [0.4, 0.5) is 0 Å². The second-order valence-corrected chi connectivity index (χ2v) is 9.66. The molecule has 27 heavy (non-hydrogen) atoms. The summed E-state index contributed by atoms with van der Waals surface area (Å²) in [7, 11) is 0. The summed E-state index contributed by atoms with van der Waals surface area (Å²) in [5, 5.41) is 29.2. The molecule has 0 amide bonds. The number of aryl methyl sites for hydroxylation is 1. The molecule has 0 saturated carbocycles. The standard InChI is InChI=1S/C22H36O5/c1-20(2,3)16-11-15(12-17(18(16)25)21(4,5)6)9-8-10-27-19(26)22(7,13-23)14-24/h11-12,23-25H,8-10,13-14H2,1-7H3. The van der Waals surface area contributed by atoms with Gasteiger partial charge in [-0.25, -0.2) is 0 Å². The fraction of sp³-hybridized carbons (Fsp3) is 0.682. The molecule has 0 atom stereocenters. The summed E-state index contributed by atoms with van der Waals surface area (Å²) >= 11 is 0. The normalized spacial score (nSPS) is 12.9. The van der Waals surface area contributed by atoms with E-state index in [1.807, 2.05) is 12.1 Å². The van der Waals surface area contributed by atoms with Gasteiger partial charge in [0.15, 0.2) is 0 Å². The largest absolute Gasteiger partial charge is 0.507 e. The van der Waals surface area contributed by atoms with Gasteiger partial charge >= 0.3 is 5.97 Å². The van der Waals surface area contributed by atoms with E-state index < -0.39 is 24.6 Å². The van der Waals surface area contributed by atoms with Gasteiger partial charge in [0.25, 0.3) is 0 Å². The van der Waals surface area contributed by atoms with Crippen molar-refractivity contribution in [1.82, 2.24) is 0 Å². The minimum absolute atomic E-state index is 0.184. The van der Waals surface area contributed by atoms with E-state index in [0.29, 0.717) is 18.6 Å². The lowest BCUT2D eigenvalue weighted by Gasteiger charge is -2.28. The van der Waals surface area contributed by atoms with Gasteiger partial charge in [-0.2, -0.15) is 0 Å². The fourth-order valence-electron chi connectivity index (χ4n) is 2.78. The molecule has 1 aromatic rings. The SMILES string of the molecule is CC(CO)(CO)C(=O)OCCCc1cc(C(C)(C)C)c(O)c(C(C)(C)C)c1. The second kappa shape index (κ2) is 8.61. The first-order valence-corrected chi connectivity index (χ1v) is 9.52. The number of phenols is 1. The summed E-state index contributed by atoms with van der Waals surface area (Å²) in [6.07, 6.45) is 1.32. The first-order valence-electron chi connectivity index (χ1n) is 9.52. The molecule has 0 unspecified atom stereocenters. The number of ether oxygens (including phenoxy) is 1. The van der Waals surface area contributed by atoms with Gasteiger partial charge in [-0.3, -0.25) is 4.79 Å². The Morgan fingerprint density at radius 1 is 0.926 bits per heavy atom. The van der Waals surface area contributed by atoms with E-state index >= 15 is 0 Å². The number of aliphatic hydroxyl groups is 2. The molecule has 0 aliphatic carbocycles. The highest BCUT2D eigenvalue weighted by Gasteiger charge is 2.33. The van der Waals surface area contributed by atoms with Gasteiger partial charge in [-0.05, 0) is 47.3 Å². The highest BCUT2D eigenvalue weighted by Crippen LogP contribution is 2.40. The number of phenolic OH excluding ortho intramolecular Hbond substituents is 1. The van der Waals surface area contributed by atoms with Crippen molar-refractivity contribution in [3.63, 3.8) is 0 Å². The molecule has 0 bridgehead atoms. The van der Waals surface area contributed by atoms with Crippen LogP contribution < -0.4 is 0 Å². The van der Waals surface area contributed by atoms with Crippen molar-refractivity contribution in [3.8, 4) is 5.75 Å². The first kappa shape index (κ1) is 23.4. The topological polar surface area (TPSA) is 87.0 Å². The van der Waals surface area contributed by atoms with E-state index in [1.54, 1.807) is 0 Å². The summed E-state index contributed by atoms with van der Waals surface area (Å²) < 4.78 is 5.22. The van der Waals surface area contributed by atoms with Crippen molar-refractivity contribution in [2.24, 2.45) is 5.41 Å². The number of carbonyl (C=O) groups is 1. The van der Waals surface area contributed by atoms with Crippen LogP contribution in [0.3, 0.4) is 0 Å². The number of carbonyl (C=O) groups excluding carboxylic acids is 1. The van der Waals surface area contributed by atoms with E-state index in [4.69, 9.17) is 4.74 Å². The second-order valence-electron chi connectivity index (χ2n) is 9.66. The van der Waals surface area contributed by atoms with Crippen molar-refractivity contribution in [1.29, 1.82) is 0 Å². The van der Waals surface area contributed by atoms with Crippen molar-refractivity contribution in [3.05, 3.63) is 28.8 Å². The molecule has 0 fully saturated rings. The Kier molecular flexibility index (Phi) is 7.48. The zero-order chi connectivity index (χ0) is 21.0. The number of aromatic hydroxyl groups is 1. The van der Waals surface area contributed by atoms with E-state index in [9.17, 15) is 20.1 Å². The molecular formula is C22H36O5. The van der Waals surface area contributed by atoms with Crippen molar-refractivity contribution in [2.45, 2.75) is 72.1 Å². The van der Waals surface area contributed by atoms with Crippen LogP contribution in [0, 0.1) is 5.41 Å². The van der Waals surface area contributed by atoms with Crippen molar-refractivity contribution in [2.75, 3.05) is 19.8 Å². The number of esters is 1. The smallest absolute Gasteiger partial charge is 0.316 e. The lowest BCUT2D eigenvalue weighted by atomic mass is 9.78. The maximum Gasteiger partial charge on any atom is 0.316 e.